The third kappa shape index (κ3) is 5.06. The van der Waals surface area contributed by atoms with Crippen molar-refractivity contribution in [3.63, 3.8) is 0 Å². The summed E-state index contributed by atoms with van der Waals surface area (Å²) >= 11 is 11.8. The molecule has 1 aromatic carbocycles. The van der Waals surface area contributed by atoms with Crippen LogP contribution < -0.4 is 5.32 Å². The molecule has 0 unspecified atom stereocenters. The number of hydrogen-bond donors (Lipinski definition) is 1. The average Bonchev–Trinajstić information content (AvgIpc) is 2.95. The van der Waals surface area contributed by atoms with E-state index in [1.54, 1.807) is 24.4 Å². The SMILES string of the molecule is O=C(NCCCCCn1ccnc1)c1ccc(Cl)cc1Cl. The first-order chi connectivity index (χ1) is 10.2. The number of nitrogens with one attached hydrogen (secondary N) is 1. The van der Waals surface area contributed by atoms with Crippen molar-refractivity contribution < 1.29 is 4.79 Å². The Balaban J connectivity index is 1.65. The van der Waals surface area contributed by atoms with Crippen LogP contribution in [-0.2, 0) is 6.54 Å². The number of carbonyl (C=O) groups is 1. The maximum atomic E-state index is 11.9. The summed E-state index contributed by atoms with van der Waals surface area (Å²) < 4.78 is 2.05. The quantitative estimate of drug-likeness (QED) is 0.787. The second-order valence-electron chi connectivity index (χ2n) is 4.74. The zero-order valence-corrected chi connectivity index (χ0v) is 13.1. The summed E-state index contributed by atoms with van der Waals surface area (Å²) in [6.07, 6.45) is 8.58. The van der Waals surface area contributed by atoms with Crippen LogP contribution in [0, 0.1) is 0 Å². The van der Waals surface area contributed by atoms with Gasteiger partial charge in [-0.05, 0) is 37.5 Å². The number of aromatic nitrogens is 2. The van der Waals surface area contributed by atoms with Crippen molar-refractivity contribution in [1.82, 2.24) is 14.9 Å². The maximum Gasteiger partial charge on any atom is 0.252 e. The van der Waals surface area contributed by atoms with E-state index in [0.717, 1.165) is 25.8 Å². The third-order valence-electron chi connectivity index (χ3n) is 3.11. The first kappa shape index (κ1) is 15.9. The van der Waals surface area contributed by atoms with Crippen LogP contribution in [0.3, 0.4) is 0 Å². The Labute approximate surface area is 134 Å². The summed E-state index contributed by atoms with van der Waals surface area (Å²) in [5, 5.41) is 3.77. The summed E-state index contributed by atoms with van der Waals surface area (Å²) in [5.74, 6) is -0.161. The fourth-order valence-electron chi connectivity index (χ4n) is 1.99. The molecule has 6 heteroatoms. The fourth-order valence-corrected chi connectivity index (χ4v) is 2.48. The van der Waals surface area contributed by atoms with Gasteiger partial charge in [0.2, 0.25) is 0 Å². The van der Waals surface area contributed by atoms with E-state index < -0.39 is 0 Å². The minimum atomic E-state index is -0.161. The maximum absolute atomic E-state index is 11.9. The standard InChI is InChI=1S/C15H17Cl2N3O/c16-12-4-5-13(14(17)10-12)15(21)19-6-2-1-3-8-20-9-7-18-11-20/h4-5,7,9-11H,1-3,6,8H2,(H,19,21). The van der Waals surface area contributed by atoms with Gasteiger partial charge in [-0.25, -0.2) is 4.98 Å². The molecule has 21 heavy (non-hydrogen) atoms. The number of amides is 1. The first-order valence-corrected chi connectivity index (χ1v) is 7.61. The molecule has 4 nitrogen and oxygen atoms in total. The normalized spacial score (nSPS) is 10.6. The zero-order chi connectivity index (χ0) is 15.1. The molecule has 0 saturated heterocycles. The molecule has 0 atom stereocenters. The lowest BCUT2D eigenvalue weighted by Gasteiger charge is -2.07. The summed E-state index contributed by atoms with van der Waals surface area (Å²) in [5.41, 5.74) is 0.458. The molecule has 0 aliphatic carbocycles. The number of aryl methyl sites for hydroxylation is 1. The molecule has 1 heterocycles. The van der Waals surface area contributed by atoms with Crippen molar-refractivity contribution in [2.24, 2.45) is 0 Å². The molecular weight excluding hydrogens is 309 g/mol. The predicted octanol–water partition coefficient (Wildman–Crippen LogP) is 3.79. The lowest BCUT2D eigenvalue weighted by molar-refractivity contribution is 0.0953. The Hall–Kier alpha value is -1.52. The fraction of sp³-hybridized carbons (Fsp3) is 0.333. The number of unbranched alkanes of at least 4 members (excludes halogenated alkanes) is 2. The van der Waals surface area contributed by atoms with Gasteiger partial charge in [0, 0.05) is 30.5 Å². The minimum Gasteiger partial charge on any atom is -0.352 e. The Morgan fingerprint density at radius 3 is 2.81 bits per heavy atom. The van der Waals surface area contributed by atoms with E-state index in [0.29, 0.717) is 22.2 Å². The topological polar surface area (TPSA) is 46.9 Å². The molecule has 0 aliphatic rings. The van der Waals surface area contributed by atoms with E-state index in [2.05, 4.69) is 10.3 Å². The molecule has 0 spiro atoms. The summed E-state index contributed by atoms with van der Waals surface area (Å²) in [6, 6.07) is 4.87. The highest BCUT2D eigenvalue weighted by molar-refractivity contribution is 6.36. The van der Waals surface area contributed by atoms with E-state index in [4.69, 9.17) is 23.2 Å². The van der Waals surface area contributed by atoms with Gasteiger partial charge < -0.3 is 9.88 Å². The van der Waals surface area contributed by atoms with Crippen LogP contribution >= 0.6 is 23.2 Å². The van der Waals surface area contributed by atoms with E-state index in [1.165, 1.54) is 0 Å². The molecule has 0 bridgehead atoms. The Bertz CT molecular complexity index is 585. The van der Waals surface area contributed by atoms with Crippen molar-refractivity contribution in [3.8, 4) is 0 Å². The Morgan fingerprint density at radius 1 is 1.24 bits per heavy atom. The van der Waals surface area contributed by atoms with Gasteiger partial charge in [0.05, 0.1) is 16.9 Å². The number of rotatable bonds is 7. The molecule has 0 aliphatic heterocycles. The van der Waals surface area contributed by atoms with Gasteiger partial charge in [-0.1, -0.05) is 23.2 Å². The van der Waals surface area contributed by atoms with Gasteiger partial charge in [-0.3, -0.25) is 4.79 Å². The van der Waals surface area contributed by atoms with E-state index in [-0.39, 0.29) is 5.91 Å². The summed E-state index contributed by atoms with van der Waals surface area (Å²) in [6.45, 7) is 1.60. The van der Waals surface area contributed by atoms with Crippen LogP contribution in [-0.4, -0.2) is 22.0 Å². The smallest absolute Gasteiger partial charge is 0.252 e. The number of carbonyl (C=O) groups excluding carboxylic acids is 1. The number of imidazole rings is 1. The molecule has 2 rings (SSSR count). The molecule has 1 N–H and O–H groups in total. The van der Waals surface area contributed by atoms with E-state index in [9.17, 15) is 4.79 Å². The molecule has 2 aromatic rings. The van der Waals surface area contributed by atoms with Gasteiger partial charge in [-0.2, -0.15) is 0 Å². The molecule has 1 aromatic heterocycles. The van der Waals surface area contributed by atoms with Crippen molar-refractivity contribution in [1.29, 1.82) is 0 Å². The Morgan fingerprint density at radius 2 is 2.10 bits per heavy atom. The van der Waals surface area contributed by atoms with Gasteiger partial charge >= 0.3 is 0 Å². The van der Waals surface area contributed by atoms with Crippen LogP contribution in [0.15, 0.2) is 36.9 Å². The molecule has 0 fully saturated rings. The largest absolute Gasteiger partial charge is 0.352 e. The highest BCUT2D eigenvalue weighted by atomic mass is 35.5. The number of benzene rings is 1. The molecule has 0 radical (unpaired) electrons. The first-order valence-electron chi connectivity index (χ1n) is 6.86. The molecule has 0 saturated carbocycles. The van der Waals surface area contributed by atoms with Crippen LogP contribution in [0.5, 0.6) is 0 Å². The molecular formula is C15H17Cl2N3O. The minimum absolute atomic E-state index is 0.161. The lowest BCUT2D eigenvalue weighted by atomic mass is 10.2. The number of nitrogens with zero attached hydrogens (tertiary/aromatic N) is 2. The van der Waals surface area contributed by atoms with Crippen molar-refractivity contribution in [3.05, 3.63) is 52.5 Å². The Kier molecular flexibility index (Phi) is 6.08. The lowest BCUT2D eigenvalue weighted by Crippen LogP contribution is -2.24. The third-order valence-corrected chi connectivity index (χ3v) is 3.66. The van der Waals surface area contributed by atoms with Gasteiger partial charge in [-0.15, -0.1) is 0 Å². The van der Waals surface area contributed by atoms with Gasteiger partial charge in [0.25, 0.3) is 5.91 Å². The average molecular weight is 326 g/mol. The second kappa shape index (κ2) is 8.05. The monoisotopic (exact) mass is 325 g/mol. The van der Waals surface area contributed by atoms with Crippen LogP contribution in [0.1, 0.15) is 29.6 Å². The number of halogens is 2. The van der Waals surface area contributed by atoms with E-state index in [1.807, 2.05) is 17.1 Å². The van der Waals surface area contributed by atoms with Crippen molar-refractivity contribution in [2.45, 2.75) is 25.8 Å². The van der Waals surface area contributed by atoms with Crippen molar-refractivity contribution in [2.75, 3.05) is 6.54 Å². The molecule has 1 amide bonds. The van der Waals surface area contributed by atoms with Gasteiger partial charge in [0.1, 0.15) is 0 Å². The predicted molar refractivity (Wildman–Crippen MR) is 84.9 cm³/mol. The molecule has 112 valence electrons. The summed E-state index contributed by atoms with van der Waals surface area (Å²) in [4.78, 5) is 15.9. The van der Waals surface area contributed by atoms with Crippen molar-refractivity contribution >= 4 is 29.1 Å². The number of hydrogen-bond acceptors (Lipinski definition) is 2. The highest BCUT2D eigenvalue weighted by Crippen LogP contribution is 2.20. The van der Waals surface area contributed by atoms with Crippen LogP contribution in [0.2, 0.25) is 10.0 Å². The van der Waals surface area contributed by atoms with Crippen LogP contribution in [0.4, 0.5) is 0 Å². The second-order valence-corrected chi connectivity index (χ2v) is 5.58. The highest BCUT2D eigenvalue weighted by Gasteiger charge is 2.09. The van der Waals surface area contributed by atoms with Crippen LogP contribution in [0.25, 0.3) is 0 Å². The van der Waals surface area contributed by atoms with E-state index >= 15 is 0 Å². The summed E-state index contributed by atoms with van der Waals surface area (Å²) in [7, 11) is 0. The zero-order valence-electron chi connectivity index (χ0n) is 11.6. The van der Waals surface area contributed by atoms with Gasteiger partial charge in [0.15, 0.2) is 0 Å².